The maximum Gasteiger partial charge on any atom is 0.185 e. The molecule has 0 unspecified atom stereocenters. The van der Waals surface area contributed by atoms with E-state index >= 15 is 0 Å². The van der Waals surface area contributed by atoms with Crippen LogP contribution in [0.5, 0.6) is 5.75 Å². The Kier molecular flexibility index (Phi) is 3.93. The molecule has 0 aliphatic heterocycles. The third-order valence-corrected chi connectivity index (χ3v) is 7.88. The molecular weight excluding hydrogens is 404 g/mol. The van der Waals surface area contributed by atoms with Crippen LogP contribution in [-0.4, -0.2) is 24.7 Å². The molecule has 6 rings (SSSR count). The summed E-state index contributed by atoms with van der Waals surface area (Å²) in [4.78, 5) is 12.1. The van der Waals surface area contributed by atoms with Crippen molar-refractivity contribution in [3.8, 4) is 17.1 Å². The second-order valence-electron chi connectivity index (χ2n) is 9.65. The lowest BCUT2D eigenvalue weighted by Gasteiger charge is -2.33. The molecule has 0 bridgehead atoms. The lowest BCUT2D eigenvalue weighted by molar-refractivity contribution is 0.218. The number of phenols is 1. The summed E-state index contributed by atoms with van der Waals surface area (Å²) < 4.78 is 1.76. The van der Waals surface area contributed by atoms with Crippen molar-refractivity contribution >= 4 is 38.0 Å². The van der Waals surface area contributed by atoms with Gasteiger partial charge in [-0.3, -0.25) is 0 Å². The van der Waals surface area contributed by atoms with Crippen molar-refractivity contribution in [3.05, 3.63) is 53.2 Å². The van der Waals surface area contributed by atoms with Crippen LogP contribution >= 0.6 is 11.3 Å². The third kappa shape index (κ3) is 2.92. The molecule has 156 valence electrons. The smallest absolute Gasteiger partial charge is 0.185 e. The Balaban J connectivity index is 1.52. The van der Waals surface area contributed by atoms with Gasteiger partial charge >= 0.3 is 0 Å². The minimum absolute atomic E-state index is 0.194. The second kappa shape index (κ2) is 6.50. The monoisotopic (exact) mass is 428 g/mol. The maximum absolute atomic E-state index is 10.7. The Bertz CT molecular complexity index is 1470. The summed E-state index contributed by atoms with van der Waals surface area (Å²) in [6.07, 6.45) is 5.10. The number of nitrogens with zero attached hydrogens (tertiary/aromatic N) is 4. The van der Waals surface area contributed by atoms with Gasteiger partial charge in [0.25, 0.3) is 0 Å². The highest BCUT2D eigenvalue weighted by atomic mass is 32.1. The predicted molar refractivity (Wildman–Crippen MR) is 126 cm³/mol. The summed E-state index contributed by atoms with van der Waals surface area (Å²) in [6, 6.07) is 11.7. The first-order valence-electron chi connectivity index (χ1n) is 10.8. The summed E-state index contributed by atoms with van der Waals surface area (Å²) in [5.41, 5.74) is 3.18. The van der Waals surface area contributed by atoms with Crippen molar-refractivity contribution in [1.29, 1.82) is 0 Å². The van der Waals surface area contributed by atoms with Crippen molar-refractivity contribution < 1.29 is 5.11 Å². The van der Waals surface area contributed by atoms with Gasteiger partial charge in [-0.25, -0.2) is 14.5 Å². The Labute approximate surface area is 184 Å². The van der Waals surface area contributed by atoms with Crippen molar-refractivity contribution in [2.45, 2.75) is 40.0 Å². The van der Waals surface area contributed by atoms with E-state index in [-0.39, 0.29) is 5.75 Å². The molecule has 3 heterocycles. The van der Waals surface area contributed by atoms with Crippen LogP contribution in [0.15, 0.2) is 42.7 Å². The molecule has 1 atom stereocenters. The highest BCUT2D eigenvalue weighted by molar-refractivity contribution is 7.19. The summed E-state index contributed by atoms with van der Waals surface area (Å²) in [5, 5.41) is 18.5. The fourth-order valence-corrected chi connectivity index (χ4v) is 6.10. The van der Waals surface area contributed by atoms with Crippen LogP contribution in [0.2, 0.25) is 0 Å². The van der Waals surface area contributed by atoms with E-state index < -0.39 is 0 Å². The number of rotatable bonds is 1. The lowest BCUT2D eigenvalue weighted by Crippen LogP contribution is -2.26. The van der Waals surface area contributed by atoms with E-state index in [1.807, 2.05) is 30.3 Å². The number of hydrogen-bond acceptors (Lipinski definition) is 5. The molecule has 31 heavy (non-hydrogen) atoms. The van der Waals surface area contributed by atoms with Crippen molar-refractivity contribution in [3.63, 3.8) is 0 Å². The molecule has 6 heteroatoms. The summed E-state index contributed by atoms with van der Waals surface area (Å²) >= 11 is 1.80. The van der Waals surface area contributed by atoms with Gasteiger partial charge < -0.3 is 5.11 Å². The van der Waals surface area contributed by atoms with Crippen molar-refractivity contribution in [2.75, 3.05) is 0 Å². The Hall–Kier alpha value is -2.99. The van der Waals surface area contributed by atoms with Crippen molar-refractivity contribution in [2.24, 2.45) is 11.3 Å². The van der Waals surface area contributed by atoms with Crippen LogP contribution in [0.3, 0.4) is 0 Å². The van der Waals surface area contributed by atoms with Gasteiger partial charge in [-0.15, -0.1) is 16.4 Å². The molecule has 0 saturated heterocycles. The number of thiophene rings is 1. The Morgan fingerprint density at radius 1 is 1.13 bits per heavy atom. The van der Waals surface area contributed by atoms with Crippen LogP contribution in [0.4, 0.5) is 0 Å². The molecule has 3 aromatic heterocycles. The molecule has 2 aromatic carbocycles. The zero-order valence-corrected chi connectivity index (χ0v) is 18.7. The Morgan fingerprint density at radius 2 is 1.90 bits per heavy atom. The van der Waals surface area contributed by atoms with Crippen LogP contribution < -0.4 is 0 Å². The van der Waals surface area contributed by atoms with E-state index in [9.17, 15) is 5.11 Å². The largest absolute Gasteiger partial charge is 0.507 e. The van der Waals surface area contributed by atoms with Crippen LogP contribution in [0, 0.1) is 11.3 Å². The minimum atomic E-state index is 0.194. The number of aryl methyl sites for hydroxylation is 1. The van der Waals surface area contributed by atoms with Crippen molar-refractivity contribution in [1.82, 2.24) is 19.6 Å². The van der Waals surface area contributed by atoms with E-state index in [2.05, 4.69) is 25.9 Å². The first-order chi connectivity index (χ1) is 14.9. The van der Waals surface area contributed by atoms with Gasteiger partial charge in [0.1, 0.15) is 16.9 Å². The quantitative estimate of drug-likeness (QED) is 0.355. The van der Waals surface area contributed by atoms with E-state index in [0.717, 1.165) is 39.5 Å². The van der Waals surface area contributed by atoms with Gasteiger partial charge in [-0.2, -0.15) is 0 Å². The molecule has 1 aliphatic rings. The number of aromatic nitrogens is 4. The molecule has 0 fully saturated rings. The number of aromatic hydroxyl groups is 1. The number of phenolic OH excluding ortho intramolecular Hbond substituents is 1. The SMILES string of the molecule is CC(C)(C)[C@H]1CCc2c(sc3ncn4nc(-c5cc6ccccc6cc5O)nc4c23)C1. The molecule has 1 aliphatic carbocycles. The number of hydrogen-bond donors (Lipinski definition) is 1. The lowest BCUT2D eigenvalue weighted by atomic mass is 9.72. The molecule has 0 radical (unpaired) electrons. The number of benzene rings is 2. The maximum atomic E-state index is 10.7. The molecule has 0 saturated carbocycles. The molecule has 5 aromatic rings. The van der Waals surface area contributed by atoms with E-state index in [4.69, 9.17) is 9.97 Å². The van der Waals surface area contributed by atoms with E-state index in [0.29, 0.717) is 22.7 Å². The highest BCUT2D eigenvalue weighted by Gasteiger charge is 2.31. The zero-order valence-electron chi connectivity index (χ0n) is 17.9. The molecule has 0 amide bonds. The topological polar surface area (TPSA) is 63.3 Å². The molecule has 5 nitrogen and oxygen atoms in total. The second-order valence-corrected chi connectivity index (χ2v) is 10.7. The summed E-state index contributed by atoms with van der Waals surface area (Å²) in [6.45, 7) is 7.02. The standard InChI is InChI=1S/C25H24N4OS/c1-25(2,3)16-8-9-17-20(12-16)31-24-21(17)23-27-22(28-29(23)13-26-24)18-10-14-6-4-5-7-15(14)11-19(18)30/h4-7,10-11,13,16,30H,8-9,12H2,1-3H3/t16-/m0/s1. The molecule has 1 N–H and O–H groups in total. The molecular formula is C25H24N4OS. The van der Waals surface area contributed by atoms with E-state index in [1.54, 1.807) is 28.2 Å². The van der Waals surface area contributed by atoms with Gasteiger partial charge in [-0.1, -0.05) is 45.0 Å². The van der Waals surface area contributed by atoms with Gasteiger partial charge in [0.2, 0.25) is 0 Å². The van der Waals surface area contributed by atoms with Gasteiger partial charge in [0, 0.05) is 4.88 Å². The average molecular weight is 429 g/mol. The predicted octanol–water partition coefficient (Wildman–Crippen LogP) is 6.02. The van der Waals surface area contributed by atoms with Crippen LogP contribution in [-0.2, 0) is 12.8 Å². The number of fused-ring (bicyclic) bond motifs is 6. The fourth-order valence-electron chi connectivity index (χ4n) is 4.84. The first kappa shape index (κ1) is 18.8. The highest BCUT2D eigenvalue weighted by Crippen LogP contribution is 2.44. The summed E-state index contributed by atoms with van der Waals surface area (Å²) in [7, 11) is 0. The summed E-state index contributed by atoms with van der Waals surface area (Å²) in [5.74, 6) is 1.41. The van der Waals surface area contributed by atoms with Crippen LogP contribution in [0.25, 0.3) is 38.0 Å². The first-order valence-corrected chi connectivity index (χ1v) is 11.6. The van der Waals surface area contributed by atoms with Gasteiger partial charge in [0.05, 0.1) is 10.9 Å². The van der Waals surface area contributed by atoms with Crippen LogP contribution in [0.1, 0.15) is 37.6 Å². The van der Waals surface area contributed by atoms with E-state index in [1.165, 1.54) is 16.9 Å². The van der Waals surface area contributed by atoms with Gasteiger partial charge in [-0.05, 0) is 59.1 Å². The fraction of sp³-hybridized carbons (Fsp3) is 0.320. The average Bonchev–Trinajstić information content (AvgIpc) is 3.32. The Morgan fingerprint density at radius 3 is 2.68 bits per heavy atom. The third-order valence-electron chi connectivity index (χ3n) is 6.72. The van der Waals surface area contributed by atoms with Gasteiger partial charge in [0.15, 0.2) is 11.5 Å². The normalized spacial score (nSPS) is 16.9. The molecule has 0 spiro atoms. The zero-order chi connectivity index (χ0) is 21.3. The minimum Gasteiger partial charge on any atom is -0.507 e.